The maximum Gasteiger partial charge on any atom is 0.404 e. The van der Waals surface area contributed by atoms with Gasteiger partial charge in [0.25, 0.3) is 0 Å². The fourth-order valence-corrected chi connectivity index (χ4v) is 3.94. The van der Waals surface area contributed by atoms with E-state index in [0.717, 1.165) is 43.1 Å². The van der Waals surface area contributed by atoms with Gasteiger partial charge in [0.15, 0.2) is 11.9 Å². The standard InChI is InChI=1S/C21H30N4O3/c1-13(2)16-6-5-7-18(12-16)28-14(3)19-23-24-20(25(19)4)15-8-10-17(11-9-15)22-21(26)27/h5-7,12-15,17,22H,8-11H2,1-4H3,(H,26,27)/t14-,15?,17?/m1/s1. The van der Waals surface area contributed by atoms with Crippen LogP contribution in [-0.2, 0) is 7.05 Å². The van der Waals surface area contributed by atoms with Gasteiger partial charge in [-0.15, -0.1) is 10.2 Å². The molecule has 0 spiro atoms. The van der Waals surface area contributed by atoms with Gasteiger partial charge in [-0.1, -0.05) is 26.0 Å². The van der Waals surface area contributed by atoms with Gasteiger partial charge in [-0.25, -0.2) is 4.79 Å². The average molecular weight is 386 g/mol. The minimum atomic E-state index is -0.947. The Hall–Kier alpha value is -2.57. The molecule has 0 aliphatic heterocycles. The third-order valence-electron chi connectivity index (χ3n) is 5.56. The lowest BCUT2D eigenvalue weighted by atomic mass is 9.85. The molecule has 0 saturated heterocycles. The van der Waals surface area contributed by atoms with Gasteiger partial charge in [-0.3, -0.25) is 0 Å². The van der Waals surface area contributed by atoms with E-state index in [2.05, 4.69) is 41.5 Å². The van der Waals surface area contributed by atoms with E-state index in [9.17, 15) is 4.79 Å². The van der Waals surface area contributed by atoms with Crippen molar-refractivity contribution in [3.63, 3.8) is 0 Å². The van der Waals surface area contributed by atoms with Crippen molar-refractivity contribution < 1.29 is 14.6 Å². The third kappa shape index (κ3) is 4.64. The van der Waals surface area contributed by atoms with Crippen LogP contribution in [0, 0.1) is 0 Å². The van der Waals surface area contributed by atoms with Crippen molar-refractivity contribution in [2.45, 2.75) is 70.4 Å². The zero-order valence-corrected chi connectivity index (χ0v) is 17.1. The van der Waals surface area contributed by atoms with Gasteiger partial charge in [-0.2, -0.15) is 0 Å². The van der Waals surface area contributed by atoms with Gasteiger partial charge >= 0.3 is 6.09 Å². The average Bonchev–Trinajstić information content (AvgIpc) is 3.03. The molecule has 1 atom stereocenters. The van der Waals surface area contributed by atoms with Gasteiger partial charge in [-0.05, 0) is 56.2 Å². The molecule has 28 heavy (non-hydrogen) atoms. The Balaban J connectivity index is 1.66. The van der Waals surface area contributed by atoms with E-state index in [1.807, 2.05) is 30.7 Å². The molecular weight excluding hydrogens is 356 g/mol. The molecule has 1 heterocycles. The number of benzene rings is 1. The van der Waals surface area contributed by atoms with Crippen LogP contribution in [0.15, 0.2) is 24.3 Å². The molecule has 1 aromatic carbocycles. The normalized spacial score (nSPS) is 20.8. The molecular formula is C21H30N4O3. The lowest BCUT2D eigenvalue weighted by molar-refractivity contribution is 0.184. The molecule has 1 amide bonds. The second kappa shape index (κ2) is 8.63. The monoisotopic (exact) mass is 386 g/mol. The van der Waals surface area contributed by atoms with Gasteiger partial charge in [0.1, 0.15) is 11.6 Å². The number of hydrogen-bond donors (Lipinski definition) is 2. The summed E-state index contributed by atoms with van der Waals surface area (Å²) in [4.78, 5) is 10.8. The van der Waals surface area contributed by atoms with Gasteiger partial charge in [0, 0.05) is 19.0 Å². The fourth-order valence-electron chi connectivity index (χ4n) is 3.94. The second-order valence-corrected chi connectivity index (χ2v) is 7.96. The molecule has 3 rings (SSSR count). The maximum atomic E-state index is 10.8. The Bertz CT molecular complexity index is 810. The van der Waals surface area contributed by atoms with Gasteiger partial charge in [0.2, 0.25) is 0 Å². The summed E-state index contributed by atoms with van der Waals surface area (Å²) in [7, 11) is 1.98. The summed E-state index contributed by atoms with van der Waals surface area (Å²) in [5.41, 5.74) is 1.25. The molecule has 7 heteroatoms. The summed E-state index contributed by atoms with van der Waals surface area (Å²) in [6.07, 6.45) is 2.31. The Morgan fingerprint density at radius 3 is 2.57 bits per heavy atom. The number of carboxylic acid groups (broad SMARTS) is 1. The van der Waals surface area contributed by atoms with Crippen LogP contribution in [0.1, 0.15) is 81.6 Å². The van der Waals surface area contributed by atoms with Gasteiger partial charge < -0.3 is 19.7 Å². The highest BCUT2D eigenvalue weighted by Crippen LogP contribution is 2.33. The first kappa shape index (κ1) is 20.2. The van der Waals surface area contributed by atoms with Crippen molar-refractivity contribution in [3.8, 4) is 5.75 Å². The lowest BCUT2D eigenvalue weighted by Gasteiger charge is -2.27. The maximum absolute atomic E-state index is 10.8. The molecule has 0 bridgehead atoms. The quantitative estimate of drug-likeness (QED) is 0.769. The van der Waals surface area contributed by atoms with E-state index in [0.29, 0.717) is 11.8 Å². The molecule has 2 N–H and O–H groups in total. The first-order valence-corrected chi connectivity index (χ1v) is 10.0. The summed E-state index contributed by atoms with van der Waals surface area (Å²) >= 11 is 0. The molecule has 152 valence electrons. The van der Waals surface area contributed by atoms with Crippen LogP contribution in [0.3, 0.4) is 0 Å². The second-order valence-electron chi connectivity index (χ2n) is 7.96. The smallest absolute Gasteiger partial charge is 0.404 e. The zero-order chi connectivity index (χ0) is 20.3. The van der Waals surface area contributed by atoms with Crippen LogP contribution in [0.25, 0.3) is 0 Å². The van der Waals surface area contributed by atoms with E-state index in [1.54, 1.807) is 0 Å². The molecule has 7 nitrogen and oxygen atoms in total. The van der Waals surface area contributed by atoms with Gasteiger partial charge in [0.05, 0.1) is 0 Å². The van der Waals surface area contributed by atoms with Crippen molar-refractivity contribution in [3.05, 3.63) is 41.5 Å². The minimum Gasteiger partial charge on any atom is -0.483 e. The first-order valence-electron chi connectivity index (χ1n) is 10.0. The van der Waals surface area contributed by atoms with Crippen molar-refractivity contribution in [2.75, 3.05) is 0 Å². The molecule has 1 saturated carbocycles. The number of aromatic nitrogens is 3. The highest BCUT2D eigenvalue weighted by atomic mass is 16.5. The van der Waals surface area contributed by atoms with Crippen molar-refractivity contribution in [1.82, 2.24) is 20.1 Å². The summed E-state index contributed by atoms with van der Waals surface area (Å²) in [5.74, 6) is 3.34. The molecule has 1 aliphatic rings. The summed E-state index contributed by atoms with van der Waals surface area (Å²) < 4.78 is 8.17. The molecule has 1 aromatic heterocycles. The molecule has 0 radical (unpaired) electrons. The molecule has 2 aromatic rings. The van der Waals surface area contributed by atoms with E-state index in [1.165, 1.54) is 5.56 Å². The number of ether oxygens (including phenoxy) is 1. The van der Waals surface area contributed by atoms with E-state index >= 15 is 0 Å². The largest absolute Gasteiger partial charge is 0.483 e. The van der Waals surface area contributed by atoms with Crippen LogP contribution in [0.5, 0.6) is 5.75 Å². The highest BCUT2D eigenvalue weighted by molar-refractivity contribution is 5.64. The summed E-state index contributed by atoms with van der Waals surface area (Å²) in [6.45, 7) is 6.32. The number of hydrogen-bond acceptors (Lipinski definition) is 4. The number of nitrogens with one attached hydrogen (secondary N) is 1. The molecule has 0 unspecified atom stereocenters. The molecule has 1 fully saturated rings. The third-order valence-corrected chi connectivity index (χ3v) is 5.56. The lowest BCUT2D eigenvalue weighted by Crippen LogP contribution is -2.36. The van der Waals surface area contributed by atoms with Crippen LogP contribution in [-0.4, -0.2) is 32.0 Å². The van der Waals surface area contributed by atoms with E-state index < -0.39 is 6.09 Å². The van der Waals surface area contributed by atoms with Crippen LogP contribution in [0.4, 0.5) is 4.79 Å². The fraction of sp³-hybridized carbons (Fsp3) is 0.571. The highest BCUT2D eigenvalue weighted by Gasteiger charge is 2.28. The number of rotatable bonds is 6. The number of nitrogens with zero attached hydrogens (tertiary/aromatic N) is 3. The van der Waals surface area contributed by atoms with Crippen molar-refractivity contribution in [2.24, 2.45) is 7.05 Å². The van der Waals surface area contributed by atoms with Crippen molar-refractivity contribution in [1.29, 1.82) is 0 Å². The van der Waals surface area contributed by atoms with E-state index in [4.69, 9.17) is 9.84 Å². The summed E-state index contributed by atoms with van der Waals surface area (Å²) in [6, 6.07) is 8.21. The number of carbonyl (C=O) groups is 1. The first-order chi connectivity index (χ1) is 13.3. The van der Waals surface area contributed by atoms with E-state index in [-0.39, 0.29) is 12.1 Å². The van der Waals surface area contributed by atoms with Crippen LogP contribution >= 0.6 is 0 Å². The minimum absolute atomic E-state index is 0.0388. The molecule has 1 aliphatic carbocycles. The topological polar surface area (TPSA) is 89.3 Å². The predicted octanol–water partition coefficient (Wildman–Crippen LogP) is 4.37. The Morgan fingerprint density at radius 2 is 1.93 bits per heavy atom. The Kier molecular flexibility index (Phi) is 6.21. The summed E-state index contributed by atoms with van der Waals surface area (Å²) in [5, 5.41) is 20.3. The number of amides is 1. The SMILES string of the molecule is CC(C)c1cccc(O[C@H](C)c2nnc(C3CCC(NC(=O)O)CC3)n2C)c1. The van der Waals surface area contributed by atoms with Crippen LogP contribution < -0.4 is 10.1 Å². The zero-order valence-electron chi connectivity index (χ0n) is 17.1. The van der Waals surface area contributed by atoms with Crippen LogP contribution in [0.2, 0.25) is 0 Å². The Labute approximate surface area is 166 Å². The van der Waals surface area contributed by atoms with Crippen molar-refractivity contribution >= 4 is 6.09 Å². The Morgan fingerprint density at radius 1 is 1.21 bits per heavy atom. The predicted molar refractivity (Wildman–Crippen MR) is 107 cm³/mol.